The molecule has 0 radical (unpaired) electrons. The maximum absolute atomic E-state index is 14.9. The third-order valence-corrected chi connectivity index (χ3v) is 6.57. The average molecular weight is 466 g/mol. The molecule has 0 N–H and O–H groups in total. The molecule has 1 saturated heterocycles. The molecule has 3 aromatic rings. The lowest BCUT2D eigenvalue weighted by Gasteiger charge is -2.35. The first kappa shape index (κ1) is 22.4. The van der Waals surface area contributed by atoms with Crippen molar-refractivity contribution in [1.29, 1.82) is 0 Å². The smallest absolute Gasteiger partial charge is 0.314 e. The SMILES string of the molecule is CN1CCN(S(=O)N(Cc2ccc(-c3nnc(C(F)F)o3)cc2F)c2cccnc2)CC1. The maximum Gasteiger partial charge on any atom is 0.314 e. The molecule has 170 valence electrons. The van der Waals surface area contributed by atoms with Crippen LogP contribution >= 0.6 is 0 Å². The van der Waals surface area contributed by atoms with E-state index >= 15 is 0 Å². The third-order valence-electron chi connectivity index (χ3n) is 5.05. The number of anilines is 1. The Labute approximate surface area is 185 Å². The molecule has 0 saturated carbocycles. The standard InChI is InChI=1S/C20H21F3N6O2S/c1-27-7-9-28(10-8-27)32(30)29(16-3-2-6-24-12-16)13-15-5-4-14(11-17(15)21)19-25-26-20(31-19)18(22)23/h2-6,11-12,18H,7-10,13H2,1H3. The Morgan fingerprint density at radius 1 is 1.19 bits per heavy atom. The zero-order chi connectivity index (χ0) is 22.7. The van der Waals surface area contributed by atoms with E-state index in [2.05, 4.69) is 20.1 Å². The summed E-state index contributed by atoms with van der Waals surface area (Å²) in [6.45, 7) is 2.81. The third kappa shape index (κ3) is 4.97. The number of halogens is 3. The molecule has 0 amide bonds. The molecule has 1 aliphatic heterocycles. The van der Waals surface area contributed by atoms with Crippen LogP contribution in [-0.2, 0) is 17.7 Å². The molecule has 0 bridgehead atoms. The van der Waals surface area contributed by atoms with Gasteiger partial charge in [-0.2, -0.15) is 8.78 Å². The van der Waals surface area contributed by atoms with Crippen molar-refractivity contribution in [3.8, 4) is 11.5 Å². The monoisotopic (exact) mass is 466 g/mol. The molecule has 1 aliphatic rings. The lowest BCUT2D eigenvalue weighted by Crippen LogP contribution is -2.49. The average Bonchev–Trinajstić information content (AvgIpc) is 3.30. The van der Waals surface area contributed by atoms with E-state index in [1.165, 1.54) is 12.1 Å². The highest BCUT2D eigenvalue weighted by Gasteiger charge is 2.26. The molecule has 1 atom stereocenters. The number of likely N-dealkylation sites (N-methyl/N-ethyl adjacent to an activating group) is 1. The second-order valence-electron chi connectivity index (χ2n) is 7.26. The maximum atomic E-state index is 14.9. The summed E-state index contributed by atoms with van der Waals surface area (Å²) in [6.07, 6.45) is 0.274. The normalized spacial score (nSPS) is 16.4. The Morgan fingerprint density at radius 2 is 1.97 bits per heavy atom. The molecule has 0 spiro atoms. The van der Waals surface area contributed by atoms with Gasteiger partial charge in [0, 0.05) is 43.5 Å². The van der Waals surface area contributed by atoms with Gasteiger partial charge in [-0.3, -0.25) is 9.29 Å². The predicted molar refractivity (Wildman–Crippen MR) is 112 cm³/mol. The van der Waals surface area contributed by atoms with Gasteiger partial charge in [0.1, 0.15) is 5.82 Å². The van der Waals surface area contributed by atoms with Crippen LogP contribution in [0.1, 0.15) is 17.9 Å². The van der Waals surface area contributed by atoms with Gasteiger partial charge in [-0.25, -0.2) is 12.9 Å². The largest absolute Gasteiger partial charge is 0.415 e. The first-order valence-corrected chi connectivity index (χ1v) is 10.9. The Bertz CT molecular complexity index is 1080. The number of pyridine rings is 1. The molecular weight excluding hydrogens is 445 g/mol. The van der Waals surface area contributed by atoms with Gasteiger partial charge in [0.2, 0.25) is 5.89 Å². The molecule has 2 aromatic heterocycles. The molecule has 4 rings (SSSR count). The fourth-order valence-corrected chi connectivity index (χ4v) is 4.52. The Kier molecular flexibility index (Phi) is 6.82. The van der Waals surface area contributed by atoms with E-state index in [9.17, 15) is 17.4 Å². The van der Waals surface area contributed by atoms with E-state index in [1.54, 1.807) is 28.8 Å². The van der Waals surface area contributed by atoms with Gasteiger partial charge in [0.25, 0.3) is 5.89 Å². The van der Waals surface area contributed by atoms with E-state index in [0.717, 1.165) is 19.2 Å². The van der Waals surface area contributed by atoms with E-state index < -0.39 is 29.3 Å². The Balaban J connectivity index is 1.58. The number of hydrogen-bond acceptors (Lipinski definition) is 6. The summed E-state index contributed by atoms with van der Waals surface area (Å²) in [4.78, 5) is 6.24. The van der Waals surface area contributed by atoms with Crippen LogP contribution in [0.25, 0.3) is 11.5 Å². The summed E-state index contributed by atoms with van der Waals surface area (Å²) in [5, 5.41) is 6.80. The van der Waals surface area contributed by atoms with E-state index in [1.807, 2.05) is 11.4 Å². The fraction of sp³-hybridized carbons (Fsp3) is 0.350. The quantitative estimate of drug-likeness (QED) is 0.533. The first-order chi connectivity index (χ1) is 15.4. The van der Waals surface area contributed by atoms with Crippen LogP contribution < -0.4 is 4.31 Å². The zero-order valence-electron chi connectivity index (χ0n) is 17.2. The van der Waals surface area contributed by atoms with Crippen LogP contribution in [0.15, 0.2) is 47.1 Å². The molecule has 1 aromatic carbocycles. The van der Waals surface area contributed by atoms with Crippen molar-refractivity contribution in [3.63, 3.8) is 0 Å². The minimum Gasteiger partial charge on any atom is -0.415 e. The van der Waals surface area contributed by atoms with Crippen LogP contribution in [-0.4, -0.2) is 61.8 Å². The minimum absolute atomic E-state index is 0.0167. The van der Waals surface area contributed by atoms with Crippen molar-refractivity contribution in [2.45, 2.75) is 13.0 Å². The molecule has 12 heteroatoms. The fourth-order valence-electron chi connectivity index (χ4n) is 3.22. The van der Waals surface area contributed by atoms with Crippen LogP contribution in [0, 0.1) is 5.82 Å². The second-order valence-corrected chi connectivity index (χ2v) is 8.68. The van der Waals surface area contributed by atoms with Gasteiger partial charge in [0.15, 0.2) is 11.2 Å². The number of alkyl halides is 2. The number of rotatable bonds is 7. The lowest BCUT2D eigenvalue weighted by molar-refractivity contribution is 0.116. The predicted octanol–water partition coefficient (Wildman–Crippen LogP) is 3.04. The number of hydrogen-bond donors (Lipinski definition) is 0. The summed E-state index contributed by atoms with van der Waals surface area (Å²) in [5.74, 6) is -1.63. The minimum atomic E-state index is -2.90. The van der Waals surface area contributed by atoms with E-state index in [4.69, 9.17) is 4.42 Å². The Hall–Kier alpha value is -2.83. The summed E-state index contributed by atoms with van der Waals surface area (Å²) >= 11 is -1.55. The molecule has 8 nitrogen and oxygen atoms in total. The summed E-state index contributed by atoms with van der Waals surface area (Å²) in [6, 6.07) is 7.61. The van der Waals surface area contributed by atoms with Crippen molar-refractivity contribution >= 4 is 16.9 Å². The van der Waals surface area contributed by atoms with Crippen molar-refractivity contribution in [2.24, 2.45) is 0 Å². The van der Waals surface area contributed by atoms with Crippen LogP contribution in [0.5, 0.6) is 0 Å². The first-order valence-electron chi connectivity index (χ1n) is 9.86. The summed E-state index contributed by atoms with van der Waals surface area (Å²) in [5.41, 5.74) is 1.04. The summed E-state index contributed by atoms with van der Waals surface area (Å²) in [7, 11) is 2.00. The van der Waals surface area contributed by atoms with Gasteiger partial charge >= 0.3 is 6.43 Å². The second kappa shape index (κ2) is 9.76. The molecule has 1 unspecified atom stereocenters. The van der Waals surface area contributed by atoms with Gasteiger partial charge in [-0.15, -0.1) is 10.2 Å². The van der Waals surface area contributed by atoms with E-state index in [-0.39, 0.29) is 23.6 Å². The highest BCUT2D eigenvalue weighted by Crippen LogP contribution is 2.27. The Morgan fingerprint density at radius 3 is 2.59 bits per heavy atom. The van der Waals surface area contributed by atoms with Gasteiger partial charge in [-0.05, 0) is 31.3 Å². The topological polar surface area (TPSA) is 78.6 Å². The number of nitrogens with zero attached hydrogens (tertiary/aromatic N) is 6. The highest BCUT2D eigenvalue weighted by molar-refractivity contribution is 7.84. The van der Waals surface area contributed by atoms with Crippen molar-refractivity contribution < 1.29 is 21.8 Å². The van der Waals surface area contributed by atoms with Crippen LogP contribution in [0.2, 0.25) is 0 Å². The number of benzene rings is 1. The van der Waals surface area contributed by atoms with Crippen molar-refractivity contribution in [3.05, 3.63) is 60.0 Å². The van der Waals surface area contributed by atoms with Crippen molar-refractivity contribution in [2.75, 3.05) is 37.5 Å². The number of piperazine rings is 1. The van der Waals surface area contributed by atoms with Gasteiger partial charge < -0.3 is 9.32 Å². The molecule has 32 heavy (non-hydrogen) atoms. The van der Waals surface area contributed by atoms with Crippen molar-refractivity contribution in [1.82, 2.24) is 24.4 Å². The van der Waals surface area contributed by atoms with Gasteiger partial charge in [-0.1, -0.05) is 6.07 Å². The molecule has 1 fully saturated rings. The van der Waals surface area contributed by atoms with Crippen LogP contribution in [0.4, 0.5) is 18.9 Å². The highest BCUT2D eigenvalue weighted by atomic mass is 32.2. The lowest BCUT2D eigenvalue weighted by atomic mass is 10.1. The molecule has 3 heterocycles. The zero-order valence-corrected chi connectivity index (χ0v) is 18.0. The molecule has 0 aliphatic carbocycles. The summed E-state index contributed by atoms with van der Waals surface area (Å²) < 4.78 is 62.0. The van der Waals surface area contributed by atoms with E-state index in [0.29, 0.717) is 18.8 Å². The molecular formula is C20H21F3N6O2S. The van der Waals surface area contributed by atoms with Gasteiger partial charge in [0.05, 0.1) is 18.4 Å². The van der Waals surface area contributed by atoms with Crippen LogP contribution in [0.3, 0.4) is 0 Å². The number of aromatic nitrogens is 3.